The molecule has 1 aromatic rings. The van der Waals surface area contributed by atoms with Gasteiger partial charge in [0.1, 0.15) is 4.90 Å². The van der Waals surface area contributed by atoms with Crippen molar-refractivity contribution in [3.8, 4) is 0 Å². The number of piperidine rings is 1. The number of benzene rings is 1. The summed E-state index contributed by atoms with van der Waals surface area (Å²) in [4.78, 5) is 0.0870. The molecule has 2 rings (SSSR count). The van der Waals surface area contributed by atoms with Crippen LogP contribution in [0.15, 0.2) is 17.0 Å². The number of hydrogen-bond acceptors (Lipinski definition) is 2. The number of nitrogens with zero attached hydrogens (tertiary/aromatic N) is 1. The molecule has 0 aliphatic carbocycles. The maximum absolute atomic E-state index is 12.8. The summed E-state index contributed by atoms with van der Waals surface area (Å²) in [6, 6.07) is 2.99. The zero-order valence-corrected chi connectivity index (χ0v) is 15.1. The maximum atomic E-state index is 12.8. The molecule has 0 aromatic heterocycles. The van der Waals surface area contributed by atoms with E-state index in [1.807, 2.05) is 0 Å². The highest BCUT2D eigenvalue weighted by molar-refractivity contribution is 7.89. The van der Waals surface area contributed by atoms with E-state index in [9.17, 15) is 8.42 Å². The Hall–Kier alpha value is -0.000000000000000167. The SMILES string of the molecule is CC1(C)CCN(S(=O)(=O)c2ccc(Cl)c(CCl)c2Cl)CC1. The molecule has 118 valence electrons. The number of alkyl halides is 1. The van der Waals surface area contributed by atoms with E-state index in [4.69, 9.17) is 34.8 Å². The van der Waals surface area contributed by atoms with Crippen LogP contribution in [0.2, 0.25) is 10.0 Å². The van der Waals surface area contributed by atoms with Crippen LogP contribution in [0, 0.1) is 5.41 Å². The molecule has 1 fully saturated rings. The van der Waals surface area contributed by atoms with Gasteiger partial charge in [-0.3, -0.25) is 0 Å². The molecule has 1 saturated heterocycles. The summed E-state index contributed by atoms with van der Waals surface area (Å²) in [5, 5.41) is 0.510. The molecule has 0 bridgehead atoms. The molecule has 1 heterocycles. The average molecular weight is 371 g/mol. The minimum absolute atomic E-state index is 0.0774. The summed E-state index contributed by atoms with van der Waals surface area (Å²) in [5.74, 6) is 0.0774. The highest BCUT2D eigenvalue weighted by Gasteiger charge is 2.34. The topological polar surface area (TPSA) is 37.4 Å². The molecule has 0 amide bonds. The summed E-state index contributed by atoms with van der Waals surface area (Å²) in [6.07, 6.45) is 1.67. The minimum atomic E-state index is -3.61. The molecule has 0 N–H and O–H groups in total. The Bertz CT molecular complexity index is 634. The molecular weight excluding hydrogens is 353 g/mol. The van der Waals surface area contributed by atoms with E-state index in [1.54, 1.807) is 0 Å². The Morgan fingerprint density at radius 1 is 1.19 bits per heavy atom. The first-order valence-electron chi connectivity index (χ1n) is 6.72. The van der Waals surface area contributed by atoms with Crippen molar-refractivity contribution in [2.75, 3.05) is 13.1 Å². The van der Waals surface area contributed by atoms with Crippen LogP contribution in [0.4, 0.5) is 0 Å². The van der Waals surface area contributed by atoms with Crippen molar-refractivity contribution >= 4 is 44.8 Å². The fourth-order valence-corrected chi connectivity index (χ4v) is 5.11. The van der Waals surface area contributed by atoms with E-state index in [1.165, 1.54) is 16.4 Å². The molecule has 0 atom stereocenters. The fraction of sp³-hybridized carbons (Fsp3) is 0.571. The molecule has 0 radical (unpaired) electrons. The summed E-state index contributed by atoms with van der Waals surface area (Å²) in [5.41, 5.74) is 0.635. The Kier molecular flexibility index (Phi) is 5.16. The van der Waals surface area contributed by atoms with Crippen LogP contribution in [0.25, 0.3) is 0 Å². The van der Waals surface area contributed by atoms with E-state index in [2.05, 4.69) is 13.8 Å². The van der Waals surface area contributed by atoms with Gasteiger partial charge in [-0.2, -0.15) is 4.31 Å². The molecular formula is C14H18Cl3NO2S. The van der Waals surface area contributed by atoms with Gasteiger partial charge in [0.2, 0.25) is 10.0 Å². The zero-order chi connectivity index (χ0) is 15.8. The van der Waals surface area contributed by atoms with Gasteiger partial charge in [-0.05, 0) is 30.4 Å². The van der Waals surface area contributed by atoms with Crippen molar-refractivity contribution < 1.29 is 8.42 Å². The third kappa shape index (κ3) is 3.50. The van der Waals surface area contributed by atoms with Gasteiger partial charge >= 0.3 is 0 Å². The second-order valence-corrected chi connectivity index (χ2v) is 9.00. The normalized spacial score (nSPS) is 19.7. The predicted molar refractivity (Wildman–Crippen MR) is 87.8 cm³/mol. The van der Waals surface area contributed by atoms with Gasteiger partial charge in [0, 0.05) is 23.7 Å². The van der Waals surface area contributed by atoms with Crippen molar-refractivity contribution in [2.45, 2.75) is 37.5 Å². The van der Waals surface area contributed by atoms with E-state index >= 15 is 0 Å². The Morgan fingerprint density at radius 3 is 2.29 bits per heavy atom. The van der Waals surface area contributed by atoms with Crippen LogP contribution < -0.4 is 0 Å². The molecule has 0 spiro atoms. The highest BCUT2D eigenvalue weighted by atomic mass is 35.5. The van der Waals surface area contributed by atoms with Gasteiger partial charge in [-0.25, -0.2) is 8.42 Å². The molecule has 1 aromatic carbocycles. The van der Waals surface area contributed by atoms with E-state index in [-0.39, 0.29) is 21.2 Å². The van der Waals surface area contributed by atoms with Crippen LogP contribution in [-0.4, -0.2) is 25.8 Å². The predicted octanol–water partition coefficient (Wildman–Crippen LogP) is 4.54. The summed E-state index contributed by atoms with van der Waals surface area (Å²) >= 11 is 18.0. The Balaban J connectivity index is 2.37. The van der Waals surface area contributed by atoms with Crippen molar-refractivity contribution in [1.82, 2.24) is 4.31 Å². The smallest absolute Gasteiger partial charge is 0.207 e. The second kappa shape index (κ2) is 6.25. The van der Waals surface area contributed by atoms with E-state index < -0.39 is 10.0 Å². The van der Waals surface area contributed by atoms with Gasteiger partial charge in [0.25, 0.3) is 0 Å². The van der Waals surface area contributed by atoms with Crippen LogP contribution in [0.5, 0.6) is 0 Å². The molecule has 0 saturated carbocycles. The van der Waals surface area contributed by atoms with Crippen molar-refractivity contribution in [3.05, 3.63) is 27.7 Å². The lowest BCUT2D eigenvalue weighted by molar-refractivity contribution is 0.196. The second-order valence-electron chi connectivity index (χ2n) is 6.04. The van der Waals surface area contributed by atoms with Gasteiger partial charge in [0.15, 0.2) is 0 Å². The number of rotatable bonds is 3. The largest absolute Gasteiger partial charge is 0.244 e. The Morgan fingerprint density at radius 2 is 1.76 bits per heavy atom. The van der Waals surface area contributed by atoms with Gasteiger partial charge in [-0.15, -0.1) is 11.6 Å². The minimum Gasteiger partial charge on any atom is -0.207 e. The first kappa shape index (κ1) is 17.4. The third-order valence-corrected chi connectivity index (χ3v) is 7.08. The van der Waals surface area contributed by atoms with Crippen LogP contribution >= 0.6 is 34.8 Å². The van der Waals surface area contributed by atoms with Crippen LogP contribution in [-0.2, 0) is 15.9 Å². The third-order valence-electron chi connectivity index (χ3n) is 3.98. The van der Waals surface area contributed by atoms with Crippen molar-refractivity contribution in [2.24, 2.45) is 5.41 Å². The van der Waals surface area contributed by atoms with Gasteiger partial charge in [0.05, 0.1) is 10.9 Å². The van der Waals surface area contributed by atoms with Crippen molar-refractivity contribution in [1.29, 1.82) is 0 Å². The first-order valence-corrected chi connectivity index (χ1v) is 9.45. The monoisotopic (exact) mass is 369 g/mol. The first-order chi connectivity index (χ1) is 9.69. The lowest BCUT2D eigenvalue weighted by Gasteiger charge is -2.36. The number of halogens is 3. The maximum Gasteiger partial charge on any atom is 0.244 e. The van der Waals surface area contributed by atoms with Crippen molar-refractivity contribution in [3.63, 3.8) is 0 Å². The number of hydrogen-bond donors (Lipinski definition) is 0. The summed E-state index contributed by atoms with van der Waals surface area (Å²) in [6.45, 7) is 5.31. The van der Waals surface area contributed by atoms with Crippen LogP contribution in [0.3, 0.4) is 0 Å². The quantitative estimate of drug-likeness (QED) is 0.732. The number of sulfonamides is 1. The summed E-state index contributed by atoms with van der Waals surface area (Å²) in [7, 11) is -3.61. The molecule has 3 nitrogen and oxygen atoms in total. The molecule has 7 heteroatoms. The zero-order valence-electron chi connectivity index (χ0n) is 12.0. The summed E-state index contributed by atoms with van der Waals surface area (Å²) < 4.78 is 27.0. The van der Waals surface area contributed by atoms with Crippen LogP contribution in [0.1, 0.15) is 32.3 Å². The van der Waals surface area contributed by atoms with E-state index in [0.717, 1.165) is 12.8 Å². The standard InChI is InChI=1S/C14H18Cl3NO2S/c1-14(2)5-7-18(8-6-14)21(19,20)12-4-3-11(16)10(9-15)13(12)17/h3-4H,5-9H2,1-2H3. The van der Waals surface area contributed by atoms with Gasteiger partial charge < -0.3 is 0 Å². The lowest BCUT2D eigenvalue weighted by Crippen LogP contribution is -2.41. The molecule has 21 heavy (non-hydrogen) atoms. The van der Waals surface area contributed by atoms with E-state index in [0.29, 0.717) is 23.7 Å². The highest BCUT2D eigenvalue weighted by Crippen LogP contribution is 2.36. The molecule has 1 aliphatic rings. The fourth-order valence-electron chi connectivity index (χ4n) is 2.37. The lowest BCUT2D eigenvalue weighted by atomic mass is 9.83. The average Bonchev–Trinajstić information content (AvgIpc) is 2.38. The van der Waals surface area contributed by atoms with Gasteiger partial charge in [-0.1, -0.05) is 37.0 Å². The molecule has 1 aliphatic heterocycles. The molecule has 0 unspecified atom stereocenters. The Labute approximate surface area is 141 Å².